The van der Waals surface area contributed by atoms with Gasteiger partial charge in [-0.2, -0.15) is 0 Å². The quantitative estimate of drug-likeness (QED) is 0.437. The maximum absolute atomic E-state index is 12.9. The number of rotatable bonds is 8. The summed E-state index contributed by atoms with van der Waals surface area (Å²) in [6.07, 6.45) is 2.09. The van der Waals surface area contributed by atoms with E-state index in [4.69, 9.17) is 14.5 Å². The Morgan fingerprint density at radius 3 is 2.53 bits per heavy atom. The van der Waals surface area contributed by atoms with Crippen LogP contribution >= 0.6 is 0 Å². The summed E-state index contributed by atoms with van der Waals surface area (Å²) in [6.45, 7) is 7.65. The summed E-state index contributed by atoms with van der Waals surface area (Å²) >= 11 is 0. The van der Waals surface area contributed by atoms with Gasteiger partial charge in [0.1, 0.15) is 5.75 Å². The van der Waals surface area contributed by atoms with E-state index >= 15 is 0 Å². The molecule has 1 aromatic heterocycles. The molecule has 190 valence electrons. The zero-order valence-corrected chi connectivity index (χ0v) is 21.5. The highest BCUT2D eigenvalue weighted by Crippen LogP contribution is 2.25. The number of ether oxygens (including phenoxy) is 2. The first-order valence-corrected chi connectivity index (χ1v) is 12.7. The largest absolute Gasteiger partial charge is 0.497 e. The third kappa shape index (κ3) is 6.02. The minimum Gasteiger partial charge on any atom is -0.497 e. The lowest BCUT2D eigenvalue weighted by Crippen LogP contribution is -2.35. The van der Waals surface area contributed by atoms with Crippen LogP contribution in [0.15, 0.2) is 48.5 Å². The summed E-state index contributed by atoms with van der Waals surface area (Å²) < 4.78 is 10.6. The number of fused-ring (bicyclic) bond motifs is 1. The Morgan fingerprint density at radius 1 is 1.00 bits per heavy atom. The summed E-state index contributed by atoms with van der Waals surface area (Å²) in [6, 6.07) is 15.8. The highest BCUT2D eigenvalue weighted by molar-refractivity contribution is 5.98. The Hall–Kier alpha value is -3.45. The molecule has 0 aliphatic carbocycles. The van der Waals surface area contributed by atoms with E-state index in [1.165, 1.54) is 0 Å². The van der Waals surface area contributed by atoms with Crippen LogP contribution in [0.3, 0.4) is 0 Å². The number of nitrogens with zero attached hydrogens (tertiary/aromatic N) is 3. The van der Waals surface area contributed by atoms with E-state index in [0.717, 1.165) is 59.5 Å². The first-order chi connectivity index (χ1) is 17.5. The topological polar surface area (TPSA) is 72.0 Å². The zero-order valence-electron chi connectivity index (χ0n) is 21.5. The van der Waals surface area contributed by atoms with Gasteiger partial charge in [0, 0.05) is 44.5 Å². The van der Waals surface area contributed by atoms with Crippen molar-refractivity contribution in [3.8, 4) is 5.75 Å². The van der Waals surface area contributed by atoms with Crippen LogP contribution in [-0.4, -0.2) is 66.6 Å². The number of amides is 1. The molecule has 0 N–H and O–H groups in total. The van der Waals surface area contributed by atoms with Crippen LogP contribution in [-0.2, 0) is 22.5 Å². The molecule has 2 heterocycles. The monoisotopic (exact) mass is 489 g/mol. The fourth-order valence-electron chi connectivity index (χ4n) is 4.82. The van der Waals surface area contributed by atoms with Crippen LogP contribution in [0.1, 0.15) is 46.9 Å². The smallest absolute Gasteiger partial charge is 0.340 e. The SMILES string of the molecule is CCOC(=O)c1c(CN2CCCN(C(=O)CCc3ccc(OC)cc3)CC2)nc2ccccc2c1C. The molecule has 1 fully saturated rings. The average molecular weight is 490 g/mol. The lowest BCUT2D eigenvalue weighted by Gasteiger charge is -2.23. The molecule has 1 aliphatic rings. The van der Waals surface area contributed by atoms with Gasteiger partial charge >= 0.3 is 5.97 Å². The van der Waals surface area contributed by atoms with Crippen LogP contribution in [0, 0.1) is 6.92 Å². The van der Waals surface area contributed by atoms with Gasteiger partial charge in [-0.25, -0.2) is 4.79 Å². The molecule has 36 heavy (non-hydrogen) atoms. The third-order valence-corrected chi connectivity index (χ3v) is 6.81. The summed E-state index contributed by atoms with van der Waals surface area (Å²) in [7, 11) is 1.65. The van der Waals surface area contributed by atoms with E-state index < -0.39 is 0 Å². The fraction of sp³-hybridized carbons (Fsp3) is 0.414. The first-order valence-electron chi connectivity index (χ1n) is 12.7. The summed E-state index contributed by atoms with van der Waals surface area (Å²) in [4.78, 5) is 34.9. The second kappa shape index (κ2) is 12.0. The number of para-hydroxylation sites is 1. The van der Waals surface area contributed by atoms with Gasteiger partial charge in [0.2, 0.25) is 5.91 Å². The first kappa shape index (κ1) is 25.6. The maximum atomic E-state index is 12.9. The van der Waals surface area contributed by atoms with Crippen molar-refractivity contribution in [3.63, 3.8) is 0 Å². The number of esters is 1. The van der Waals surface area contributed by atoms with Crippen LogP contribution in [0.2, 0.25) is 0 Å². The van der Waals surface area contributed by atoms with Crippen molar-refractivity contribution in [2.24, 2.45) is 0 Å². The molecule has 7 heteroatoms. The maximum Gasteiger partial charge on any atom is 0.340 e. The number of aryl methyl sites for hydroxylation is 2. The Bertz CT molecular complexity index is 1210. The minimum absolute atomic E-state index is 0.180. The number of carbonyl (C=O) groups is 2. The van der Waals surface area contributed by atoms with Gasteiger partial charge in [0.15, 0.2) is 0 Å². The van der Waals surface area contributed by atoms with Crippen LogP contribution < -0.4 is 4.74 Å². The van der Waals surface area contributed by atoms with Gasteiger partial charge in [0.05, 0.1) is 30.5 Å². The minimum atomic E-state index is -0.326. The average Bonchev–Trinajstić information content (AvgIpc) is 3.13. The predicted molar refractivity (Wildman–Crippen MR) is 140 cm³/mol. The van der Waals surface area contributed by atoms with Crippen molar-refractivity contribution in [2.45, 2.75) is 39.7 Å². The number of aromatic nitrogens is 1. The molecule has 0 spiro atoms. The van der Waals surface area contributed by atoms with Gasteiger partial charge in [-0.3, -0.25) is 14.7 Å². The van der Waals surface area contributed by atoms with E-state index in [9.17, 15) is 9.59 Å². The molecule has 1 amide bonds. The van der Waals surface area contributed by atoms with Gasteiger partial charge in [-0.15, -0.1) is 0 Å². The van der Waals surface area contributed by atoms with Crippen molar-refractivity contribution in [1.82, 2.24) is 14.8 Å². The molecule has 0 radical (unpaired) electrons. The highest BCUT2D eigenvalue weighted by atomic mass is 16.5. The van der Waals surface area contributed by atoms with Crippen LogP contribution in [0.25, 0.3) is 10.9 Å². The second-order valence-corrected chi connectivity index (χ2v) is 9.15. The van der Waals surface area contributed by atoms with Gasteiger partial charge in [-0.05, 0) is 56.0 Å². The van der Waals surface area contributed by atoms with Crippen molar-refractivity contribution >= 4 is 22.8 Å². The van der Waals surface area contributed by atoms with Crippen molar-refractivity contribution in [2.75, 3.05) is 39.9 Å². The molecule has 2 aromatic carbocycles. The lowest BCUT2D eigenvalue weighted by atomic mass is 10.0. The lowest BCUT2D eigenvalue weighted by molar-refractivity contribution is -0.131. The molecule has 1 aliphatic heterocycles. The second-order valence-electron chi connectivity index (χ2n) is 9.15. The number of hydrogen-bond donors (Lipinski definition) is 0. The van der Waals surface area contributed by atoms with Gasteiger partial charge in [0.25, 0.3) is 0 Å². The molecular weight excluding hydrogens is 454 g/mol. The fourth-order valence-corrected chi connectivity index (χ4v) is 4.82. The molecule has 0 saturated carbocycles. The predicted octanol–water partition coefficient (Wildman–Crippen LogP) is 4.40. The Balaban J connectivity index is 1.42. The van der Waals surface area contributed by atoms with E-state index in [2.05, 4.69) is 4.90 Å². The van der Waals surface area contributed by atoms with Crippen LogP contribution in [0.5, 0.6) is 5.75 Å². The van der Waals surface area contributed by atoms with Crippen LogP contribution in [0.4, 0.5) is 0 Å². The standard InChI is InChI=1S/C29H35N3O4/c1-4-36-29(34)28-21(2)24-8-5-6-9-25(24)30-26(28)20-31-16-7-17-32(19-18-31)27(33)15-12-22-10-13-23(35-3)14-11-22/h5-6,8-11,13-14H,4,7,12,15-20H2,1-3H3. The Morgan fingerprint density at radius 2 is 1.78 bits per heavy atom. The van der Waals surface area contributed by atoms with Gasteiger partial charge in [-0.1, -0.05) is 30.3 Å². The van der Waals surface area contributed by atoms with E-state index in [1.807, 2.05) is 67.3 Å². The van der Waals surface area contributed by atoms with Crippen molar-refractivity contribution in [3.05, 3.63) is 70.9 Å². The van der Waals surface area contributed by atoms with Crippen molar-refractivity contribution in [1.29, 1.82) is 0 Å². The van der Waals surface area contributed by atoms with Gasteiger partial charge < -0.3 is 14.4 Å². The molecule has 0 unspecified atom stereocenters. The molecule has 7 nitrogen and oxygen atoms in total. The number of methoxy groups -OCH3 is 1. The normalized spacial score (nSPS) is 14.5. The Kier molecular flexibility index (Phi) is 8.54. The summed E-state index contributed by atoms with van der Waals surface area (Å²) in [5, 5.41) is 0.966. The summed E-state index contributed by atoms with van der Waals surface area (Å²) in [5.41, 5.74) is 4.21. The highest BCUT2D eigenvalue weighted by Gasteiger charge is 2.24. The number of pyridine rings is 1. The van der Waals surface area contributed by atoms with E-state index in [1.54, 1.807) is 7.11 Å². The number of benzene rings is 2. The molecule has 0 atom stereocenters. The van der Waals surface area contributed by atoms with Crippen molar-refractivity contribution < 1.29 is 19.1 Å². The van der Waals surface area contributed by atoms with E-state index in [-0.39, 0.29) is 11.9 Å². The third-order valence-electron chi connectivity index (χ3n) is 6.81. The molecule has 0 bridgehead atoms. The number of hydrogen-bond acceptors (Lipinski definition) is 6. The molecule has 1 saturated heterocycles. The molecule has 3 aromatic rings. The Labute approximate surface area is 213 Å². The molecule has 4 rings (SSSR count). The number of carbonyl (C=O) groups excluding carboxylic acids is 2. The van der Waals surface area contributed by atoms with E-state index in [0.29, 0.717) is 38.1 Å². The molecular formula is C29H35N3O4. The summed E-state index contributed by atoms with van der Waals surface area (Å²) in [5.74, 6) is 0.674. The zero-order chi connectivity index (χ0) is 25.5.